The summed E-state index contributed by atoms with van der Waals surface area (Å²) in [5.74, 6) is -0.904. The number of carbonyl (C=O) groups excluding carboxylic acids is 1. The number of rotatable bonds is 3. The van der Waals surface area contributed by atoms with Crippen molar-refractivity contribution in [3.05, 3.63) is 58.9 Å². The van der Waals surface area contributed by atoms with Crippen molar-refractivity contribution in [2.75, 3.05) is 5.32 Å². The Morgan fingerprint density at radius 3 is 2.63 bits per heavy atom. The van der Waals surface area contributed by atoms with Crippen LogP contribution in [0.15, 0.2) is 36.4 Å². The number of fused-ring (bicyclic) bond motifs is 2. The molecule has 1 heterocycles. The average Bonchev–Trinajstić information content (AvgIpc) is 2.91. The van der Waals surface area contributed by atoms with Crippen molar-refractivity contribution in [2.45, 2.75) is 44.1 Å². The Bertz CT molecular complexity index is 932. The third-order valence-electron chi connectivity index (χ3n) is 5.70. The van der Waals surface area contributed by atoms with Crippen molar-refractivity contribution in [3.8, 4) is 5.75 Å². The average molecular weight is 369 g/mol. The number of carbonyl (C=O) groups is 2. The van der Waals surface area contributed by atoms with Gasteiger partial charge in [-0.1, -0.05) is 6.07 Å². The lowest BCUT2D eigenvalue weighted by Crippen LogP contribution is -2.41. The number of ether oxygens (including phenoxy) is 1. The van der Waals surface area contributed by atoms with Crippen LogP contribution < -0.4 is 10.1 Å². The molecule has 1 saturated carbocycles. The molecule has 0 bridgehead atoms. The van der Waals surface area contributed by atoms with Crippen LogP contribution in [0.2, 0.25) is 0 Å². The van der Waals surface area contributed by atoms with E-state index in [0.717, 1.165) is 5.56 Å². The van der Waals surface area contributed by atoms with Crippen LogP contribution in [0, 0.1) is 12.7 Å². The predicted molar refractivity (Wildman–Crippen MR) is 97.7 cm³/mol. The lowest BCUT2D eigenvalue weighted by Gasteiger charge is -2.35. The Morgan fingerprint density at radius 1 is 1.22 bits per heavy atom. The van der Waals surface area contributed by atoms with Crippen LogP contribution in [0.5, 0.6) is 5.75 Å². The molecule has 0 radical (unpaired) electrons. The molecule has 27 heavy (non-hydrogen) atoms. The second-order valence-electron chi connectivity index (χ2n) is 7.33. The van der Waals surface area contributed by atoms with Gasteiger partial charge in [0.1, 0.15) is 11.6 Å². The molecule has 0 aromatic heterocycles. The minimum atomic E-state index is -1.01. The van der Waals surface area contributed by atoms with Gasteiger partial charge in [-0.2, -0.15) is 0 Å². The lowest BCUT2D eigenvalue weighted by atomic mass is 9.69. The van der Waals surface area contributed by atoms with Crippen molar-refractivity contribution in [2.24, 2.45) is 0 Å². The fourth-order valence-corrected chi connectivity index (χ4v) is 4.08. The molecule has 1 amide bonds. The van der Waals surface area contributed by atoms with Gasteiger partial charge in [-0.3, -0.25) is 4.79 Å². The number of hydrogen-bond acceptors (Lipinski definition) is 3. The zero-order valence-electron chi connectivity index (χ0n) is 14.9. The second-order valence-corrected chi connectivity index (χ2v) is 7.33. The summed E-state index contributed by atoms with van der Waals surface area (Å²) in [6.07, 6.45) is 2.30. The number of aromatic carboxylic acids is 1. The Labute approximate surface area is 156 Å². The summed E-state index contributed by atoms with van der Waals surface area (Å²) in [7, 11) is 0. The van der Waals surface area contributed by atoms with E-state index >= 15 is 0 Å². The molecule has 2 aliphatic rings. The normalized spacial score (nSPS) is 23.8. The molecule has 1 aliphatic carbocycles. The van der Waals surface area contributed by atoms with Gasteiger partial charge in [0.2, 0.25) is 5.91 Å². The number of benzene rings is 2. The number of aryl methyl sites for hydroxylation is 1. The summed E-state index contributed by atoms with van der Waals surface area (Å²) >= 11 is 0. The van der Waals surface area contributed by atoms with Crippen LogP contribution in [0.25, 0.3) is 0 Å². The van der Waals surface area contributed by atoms with Crippen molar-refractivity contribution in [3.63, 3.8) is 0 Å². The number of halogens is 1. The van der Waals surface area contributed by atoms with E-state index in [4.69, 9.17) is 4.74 Å². The van der Waals surface area contributed by atoms with Gasteiger partial charge in [0.05, 0.1) is 17.1 Å². The van der Waals surface area contributed by atoms with Gasteiger partial charge in [0, 0.05) is 11.8 Å². The first-order valence-electron chi connectivity index (χ1n) is 9.01. The van der Waals surface area contributed by atoms with E-state index in [1.807, 2.05) is 0 Å². The summed E-state index contributed by atoms with van der Waals surface area (Å²) < 4.78 is 19.6. The highest BCUT2D eigenvalue weighted by Crippen LogP contribution is 2.48. The molecule has 2 aromatic carbocycles. The molecule has 2 aromatic rings. The molecule has 1 aliphatic heterocycles. The Kier molecular flexibility index (Phi) is 4.13. The van der Waals surface area contributed by atoms with Crippen LogP contribution in [-0.4, -0.2) is 23.1 Å². The summed E-state index contributed by atoms with van der Waals surface area (Å²) in [5.41, 5.74) is 1.48. The predicted octanol–water partition coefficient (Wildman–Crippen LogP) is 4.04. The largest absolute Gasteiger partial charge is 0.490 e. The highest BCUT2D eigenvalue weighted by Gasteiger charge is 2.49. The SMILES string of the molecule is Cc1ccc(O[C@H]2CC[C@@]3(CC2)C(=O)Nc2ccc(C(=O)O)cc23)cc1F. The minimum Gasteiger partial charge on any atom is -0.490 e. The van der Waals surface area contributed by atoms with Crippen molar-refractivity contribution >= 4 is 17.6 Å². The van der Waals surface area contributed by atoms with Gasteiger partial charge in [-0.15, -0.1) is 0 Å². The van der Waals surface area contributed by atoms with E-state index < -0.39 is 11.4 Å². The molecule has 0 unspecified atom stereocenters. The van der Waals surface area contributed by atoms with Crippen LogP contribution in [0.4, 0.5) is 10.1 Å². The van der Waals surface area contributed by atoms with Gasteiger partial charge < -0.3 is 15.2 Å². The Morgan fingerprint density at radius 2 is 1.96 bits per heavy atom. The highest BCUT2D eigenvalue weighted by molar-refractivity contribution is 6.07. The molecule has 4 rings (SSSR count). The standard InChI is InChI=1S/C21H20FNO4/c1-12-2-4-15(11-17(12)22)27-14-6-8-21(9-7-14)16-10-13(19(24)25)3-5-18(16)23-20(21)26/h2-5,10-11,14H,6-9H2,1H3,(H,23,26)(H,24,25)/t14-,21-. The molecule has 0 atom stereocenters. The zero-order chi connectivity index (χ0) is 19.2. The van der Waals surface area contributed by atoms with Crippen LogP contribution in [0.1, 0.15) is 47.2 Å². The number of hydrogen-bond donors (Lipinski definition) is 2. The van der Waals surface area contributed by atoms with E-state index in [-0.39, 0.29) is 23.4 Å². The van der Waals surface area contributed by atoms with E-state index in [1.54, 1.807) is 31.2 Å². The molecule has 2 N–H and O–H groups in total. The summed E-state index contributed by atoms with van der Waals surface area (Å²) in [6.45, 7) is 1.70. The van der Waals surface area contributed by atoms with Gasteiger partial charge in [-0.05, 0) is 68.0 Å². The van der Waals surface area contributed by atoms with Crippen LogP contribution in [0.3, 0.4) is 0 Å². The van der Waals surface area contributed by atoms with Gasteiger partial charge in [-0.25, -0.2) is 9.18 Å². The number of carboxylic acid groups (broad SMARTS) is 1. The monoisotopic (exact) mass is 369 g/mol. The maximum atomic E-state index is 13.7. The van der Waals surface area contributed by atoms with E-state index in [2.05, 4.69) is 5.32 Å². The van der Waals surface area contributed by atoms with Gasteiger partial charge in [0.25, 0.3) is 0 Å². The zero-order valence-corrected chi connectivity index (χ0v) is 14.9. The number of nitrogens with one attached hydrogen (secondary N) is 1. The van der Waals surface area contributed by atoms with Crippen LogP contribution in [-0.2, 0) is 10.2 Å². The molecule has 6 heteroatoms. The maximum Gasteiger partial charge on any atom is 0.335 e. The number of amides is 1. The topological polar surface area (TPSA) is 75.6 Å². The minimum absolute atomic E-state index is 0.0835. The molecule has 1 spiro atoms. The highest BCUT2D eigenvalue weighted by atomic mass is 19.1. The molecule has 140 valence electrons. The summed E-state index contributed by atoms with van der Waals surface area (Å²) in [6, 6.07) is 9.58. The van der Waals surface area contributed by atoms with E-state index in [0.29, 0.717) is 42.7 Å². The van der Waals surface area contributed by atoms with Crippen molar-refractivity contribution < 1.29 is 23.8 Å². The second kappa shape index (κ2) is 6.37. The summed E-state index contributed by atoms with van der Waals surface area (Å²) in [4.78, 5) is 24.0. The quantitative estimate of drug-likeness (QED) is 0.856. The fraction of sp³-hybridized carbons (Fsp3) is 0.333. The molecular weight excluding hydrogens is 349 g/mol. The van der Waals surface area contributed by atoms with Crippen LogP contribution >= 0.6 is 0 Å². The summed E-state index contributed by atoms with van der Waals surface area (Å²) in [5, 5.41) is 12.1. The lowest BCUT2D eigenvalue weighted by molar-refractivity contribution is -0.122. The van der Waals surface area contributed by atoms with Crippen molar-refractivity contribution in [1.82, 2.24) is 0 Å². The third kappa shape index (κ3) is 2.95. The smallest absolute Gasteiger partial charge is 0.335 e. The van der Waals surface area contributed by atoms with E-state index in [1.165, 1.54) is 12.1 Å². The first kappa shape index (κ1) is 17.5. The fourth-order valence-electron chi connectivity index (χ4n) is 4.08. The molecule has 5 nitrogen and oxygen atoms in total. The van der Waals surface area contributed by atoms with E-state index in [9.17, 15) is 19.1 Å². The first-order valence-corrected chi connectivity index (χ1v) is 9.01. The molecule has 1 fully saturated rings. The Hall–Kier alpha value is -2.89. The number of anilines is 1. The third-order valence-corrected chi connectivity index (χ3v) is 5.70. The van der Waals surface area contributed by atoms with Gasteiger partial charge >= 0.3 is 5.97 Å². The van der Waals surface area contributed by atoms with Crippen molar-refractivity contribution in [1.29, 1.82) is 0 Å². The molecular formula is C21H20FNO4. The number of carboxylic acids is 1. The molecule has 0 saturated heterocycles. The van der Waals surface area contributed by atoms with Gasteiger partial charge in [0.15, 0.2) is 0 Å². The first-order chi connectivity index (χ1) is 12.9. The Balaban J connectivity index is 1.53. The maximum absolute atomic E-state index is 13.7.